The van der Waals surface area contributed by atoms with Gasteiger partial charge in [0.15, 0.2) is 5.96 Å². The second-order valence-corrected chi connectivity index (χ2v) is 6.32. The third-order valence-corrected chi connectivity index (χ3v) is 4.14. The molecule has 0 aliphatic heterocycles. The first-order chi connectivity index (χ1) is 11.6. The van der Waals surface area contributed by atoms with Gasteiger partial charge in [-0.1, -0.05) is 36.8 Å². The summed E-state index contributed by atoms with van der Waals surface area (Å²) in [5.74, 6) is 1.31. The number of nitrogens with one attached hydrogen (secondary N) is 2. The Bertz CT molecular complexity index is 642. The standard InChI is InChI=1S/C19H29N5/c1-15-7-9-18(10-8-15)16(2)12-22-19(20-3)21-11-5-6-17-13-23-24(4)14-17/h7-10,13-14,16H,5-6,11-12H2,1-4H3,(H2,20,21,22). The molecule has 130 valence electrons. The minimum absolute atomic E-state index is 0.444. The van der Waals surface area contributed by atoms with Crippen molar-refractivity contribution in [1.82, 2.24) is 20.4 Å². The van der Waals surface area contributed by atoms with Crippen LogP contribution in [-0.4, -0.2) is 35.9 Å². The van der Waals surface area contributed by atoms with Crippen molar-refractivity contribution in [2.45, 2.75) is 32.6 Å². The molecule has 0 aliphatic carbocycles. The van der Waals surface area contributed by atoms with Gasteiger partial charge in [-0.25, -0.2) is 0 Å². The van der Waals surface area contributed by atoms with Crippen LogP contribution in [0.2, 0.25) is 0 Å². The normalized spacial score (nSPS) is 12.9. The summed E-state index contributed by atoms with van der Waals surface area (Å²) in [6.07, 6.45) is 6.07. The molecular formula is C19H29N5. The van der Waals surface area contributed by atoms with E-state index in [9.17, 15) is 0 Å². The number of benzene rings is 1. The molecule has 1 aromatic carbocycles. The lowest BCUT2D eigenvalue weighted by atomic mass is 10.0. The van der Waals surface area contributed by atoms with Crippen molar-refractivity contribution in [1.29, 1.82) is 0 Å². The third kappa shape index (κ3) is 5.72. The maximum absolute atomic E-state index is 4.29. The summed E-state index contributed by atoms with van der Waals surface area (Å²) in [5, 5.41) is 11.0. The molecule has 0 fully saturated rings. The molecule has 0 bridgehead atoms. The molecule has 0 aliphatic rings. The Morgan fingerprint density at radius 3 is 2.62 bits per heavy atom. The summed E-state index contributed by atoms with van der Waals surface area (Å²) >= 11 is 0. The Balaban J connectivity index is 1.69. The van der Waals surface area contributed by atoms with Gasteiger partial charge in [0.25, 0.3) is 0 Å². The molecule has 2 N–H and O–H groups in total. The van der Waals surface area contributed by atoms with E-state index < -0.39 is 0 Å². The van der Waals surface area contributed by atoms with Crippen molar-refractivity contribution in [3.63, 3.8) is 0 Å². The van der Waals surface area contributed by atoms with E-state index in [1.165, 1.54) is 16.7 Å². The molecule has 0 saturated carbocycles. The van der Waals surface area contributed by atoms with Gasteiger partial charge in [0.05, 0.1) is 6.20 Å². The lowest BCUT2D eigenvalue weighted by Crippen LogP contribution is -2.39. The Hall–Kier alpha value is -2.30. The highest BCUT2D eigenvalue weighted by atomic mass is 15.2. The maximum atomic E-state index is 4.29. The van der Waals surface area contributed by atoms with Gasteiger partial charge >= 0.3 is 0 Å². The van der Waals surface area contributed by atoms with Crippen molar-refractivity contribution in [3.05, 3.63) is 53.3 Å². The van der Waals surface area contributed by atoms with Crippen LogP contribution in [0.3, 0.4) is 0 Å². The minimum Gasteiger partial charge on any atom is -0.356 e. The van der Waals surface area contributed by atoms with E-state index in [1.807, 2.05) is 25.0 Å². The number of rotatable bonds is 7. The van der Waals surface area contributed by atoms with Gasteiger partial charge < -0.3 is 10.6 Å². The summed E-state index contributed by atoms with van der Waals surface area (Å²) in [5.41, 5.74) is 3.92. The largest absolute Gasteiger partial charge is 0.356 e. The highest BCUT2D eigenvalue weighted by Gasteiger charge is 2.06. The monoisotopic (exact) mass is 327 g/mol. The number of aryl methyl sites for hydroxylation is 3. The lowest BCUT2D eigenvalue weighted by molar-refractivity contribution is 0.688. The summed E-state index contributed by atoms with van der Waals surface area (Å²) < 4.78 is 1.84. The molecule has 0 radical (unpaired) electrons. The van der Waals surface area contributed by atoms with Gasteiger partial charge in [0.2, 0.25) is 0 Å². The number of guanidine groups is 1. The molecular weight excluding hydrogens is 298 g/mol. The molecule has 5 nitrogen and oxygen atoms in total. The molecule has 5 heteroatoms. The highest BCUT2D eigenvalue weighted by Crippen LogP contribution is 2.14. The maximum Gasteiger partial charge on any atom is 0.190 e. The number of aromatic nitrogens is 2. The van der Waals surface area contributed by atoms with Crippen LogP contribution >= 0.6 is 0 Å². The second-order valence-electron chi connectivity index (χ2n) is 6.32. The molecule has 2 rings (SSSR count). The Kier molecular flexibility index (Phi) is 6.85. The quantitative estimate of drug-likeness (QED) is 0.467. The molecule has 0 saturated heterocycles. The zero-order chi connectivity index (χ0) is 17.4. The first-order valence-corrected chi connectivity index (χ1v) is 8.57. The summed E-state index contributed by atoms with van der Waals surface area (Å²) in [4.78, 5) is 4.29. The van der Waals surface area contributed by atoms with E-state index in [0.717, 1.165) is 31.9 Å². The molecule has 1 aromatic heterocycles. The SMILES string of the molecule is CN=C(NCCCc1cnn(C)c1)NCC(C)c1ccc(C)cc1. The van der Waals surface area contributed by atoms with E-state index in [1.54, 1.807) is 0 Å². The van der Waals surface area contributed by atoms with Crippen LogP contribution in [0.1, 0.15) is 36.0 Å². The first kappa shape index (κ1) is 18.0. The van der Waals surface area contributed by atoms with Gasteiger partial charge in [-0.3, -0.25) is 9.67 Å². The zero-order valence-corrected chi connectivity index (χ0v) is 15.2. The fourth-order valence-corrected chi connectivity index (χ4v) is 2.58. The number of hydrogen-bond donors (Lipinski definition) is 2. The number of aliphatic imine (C=N–C) groups is 1. The van der Waals surface area contributed by atoms with Crippen LogP contribution in [0.4, 0.5) is 0 Å². The van der Waals surface area contributed by atoms with Gasteiger partial charge in [-0.15, -0.1) is 0 Å². The second kappa shape index (κ2) is 9.11. The molecule has 1 heterocycles. The fourth-order valence-electron chi connectivity index (χ4n) is 2.58. The van der Waals surface area contributed by atoms with Gasteiger partial charge in [0, 0.05) is 33.4 Å². The van der Waals surface area contributed by atoms with Crippen LogP contribution in [0.15, 0.2) is 41.7 Å². The molecule has 1 unspecified atom stereocenters. The van der Waals surface area contributed by atoms with E-state index in [2.05, 4.69) is 65.0 Å². The predicted octanol–water partition coefficient (Wildman–Crippen LogP) is 2.63. The zero-order valence-electron chi connectivity index (χ0n) is 15.2. The molecule has 2 aromatic rings. The Labute approximate surface area is 145 Å². The molecule has 0 spiro atoms. The molecule has 24 heavy (non-hydrogen) atoms. The van der Waals surface area contributed by atoms with E-state index in [4.69, 9.17) is 0 Å². The summed E-state index contributed by atoms with van der Waals surface area (Å²) in [6.45, 7) is 6.11. The summed E-state index contributed by atoms with van der Waals surface area (Å²) in [6, 6.07) is 8.73. The first-order valence-electron chi connectivity index (χ1n) is 8.57. The smallest absolute Gasteiger partial charge is 0.190 e. The predicted molar refractivity (Wildman–Crippen MR) is 100 cm³/mol. The van der Waals surface area contributed by atoms with Crippen molar-refractivity contribution in [2.75, 3.05) is 20.1 Å². The van der Waals surface area contributed by atoms with Crippen molar-refractivity contribution < 1.29 is 0 Å². The Morgan fingerprint density at radius 2 is 2.00 bits per heavy atom. The van der Waals surface area contributed by atoms with Crippen LogP contribution in [-0.2, 0) is 13.5 Å². The molecule has 1 atom stereocenters. The van der Waals surface area contributed by atoms with E-state index >= 15 is 0 Å². The lowest BCUT2D eigenvalue weighted by Gasteiger charge is -2.16. The minimum atomic E-state index is 0.444. The summed E-state index contributed by atoms with van der Waals surface area (Å²) in [7, 11) is 3.76. The average Bonchev–Trinajstić information content (AvgIpc) is 3.00. The number of nitrogens with zero attached hydrogens (tertiary/aromatic N) is 3. The van der Waals surface area contributed by atoms with Crippen LogP contribution in [0.5, 0.6) is 0 Å². The Morgan fingerprint density at radius 1 is 1.25 bits per heavy atom. The van der Waals surface area contributed by atoms with Crippen molar-refractivity contribution in [3.8, 4) is 0 Å². The van der Waals surface area contributed by atoms with Gasteiger partial charge in [-0.2, -0.15) is 5.10 Å². The topological polar surface area (TPSA) is 54.2 Å². The van der Waals surface area contributed by atoms with Gasteiger partial charge in [0.1, 0.15) is 0 Å². The van der Waals surface area contributed by atoms with Crippen molar-refractivity contribution in [2.24, 2.45) is 12.0 Å². The van der Waals surface area contributed by atoms with Crippen LogP contribution in [0.25, 0.3) is 0 Å². The fraction of sp³-hybridized carbons (Fsp3) is 0.474. The van der Waals surface area contributed by atoms with Crippen LogP contribution < -0.4 is 10.6 Å². The average molecular weight is 327 g/mol. The molecule has 0 amide bonds. The van der Waals surface area contributed by atoms with Crippen LogP contribution in [0, 0.1) is 6.92 Å². The van der Waals surface area contributed by atoms with E-state index in [-0.39, 0.29) is 0 Å². The highest BCUT2D eigenvalue weighted by molar-refractivity contribution is 5.79. The number of hydrogen-bond acceptors (Lipinski definition) is 2. The van der Waals surface area contributed by atoms with Crippen molar-refractivity contribution >= 4 is 5.96 Å². The van der Waals surface area contributed by atoms with Gasteiger partial charge in [-0.05, 0) is 36.8 Å². The third-order valence-electron chi connectivity index (χ3n) is 4.14. The van der Waals surface area contributed by atoms with E-state index in [0.29, 0.717) is 5.92 Å².